The van der Waals surface area contributed by atoms with Crippen LogP contribution < -0.4 is 20.3 Å². The van der Waals surface area contributed by atoms with Gasteiger partial charge in [0.2, 0.25) is 0 Å². The summed E-state index contributed by atoms with van der Waals surface area (Å²) in [5.41, 5.74) is 4.34. The lowest BCUT2D eigenvalue weighted by Crippen LogP contribution is -2.43. The molecule has 0 aliphatic carbocycles. The number of nitrogens with one attached hydrogen (secondary N) is 2. The third kappa shape index (κ3) is 5.47. The van der Waals surface area contributed by atoms with Crippen LogP contribution in [-0.4, -0.2) is 56.5 Å². The number of likely N-dealkylation sites (tertiary alicyclic amines) is 1. The minimum atomic E-state index is -0.685. The van der Waals surface area contributed by atoms with E-state index in [2.05, 4.69) is 45.7 Å². The largest absolute Gasteiger partial charge is 0.492 e. The number of nitrogens with zero attached hydrogens (tertiary/aromatic N) is 2. The number of likely N-dealkylation sites (N-methyl/N-ethyl adjacent to an activating group) is 1. The highest BCUT2D eigenvalue weighted by molar-refractivity contribution is 6.39. The summed E-state index contributed by atoms with van der Waals surface area (Å²) in [7, 11) is 2.12. The third-order valence-corrected chi connectivity index (χ3v) is 6.54. The van der Waals surface area contributed by atoms with Gasteiger partial charge in [-0.3, -0.25) is 14.5 Å². The maximum absolute atomic E-state index is 12.7. The lowest BCUT2D eigenvalue weighted by Gasteiger charge is -2.35. The summed E-state index contributed by atoms with van der Waals surface area (Å²) in [6.07, 6.45) is 4.60. The fourth-order valence-electron chi connectivity index (χ4n) is 4.78. The molecule has 7 heteroatoms. The second-order valence-corrected chi connectivity index (χ2v) is 8.77. The zero-order valence-corrected chi connectivity index (χ0v) is 19.6. The van der Waals surface area contributed by atoms with Crippen LogP contribution in [0, 0.1) is 0 Å². The molecule has 0 unspecified atom stereocenters. The van der Waals surface area contributed by atoms with E-state index in [0.717, 1.165) is 38.9 Å². The maximum Gasteiger partial charge on any atom is 0.313 e. The molecule has 176 valence electrons. The Labute approximate surface area is 196 Å². The van der Waals surface area contributed by atoms with E-state index in [1.54, 1.807) is 18.2 Å². The van der Waals surface area contributed by atoms with Gasteiger partial charge in [0.05, 0.1) is 18.3 Å². The zero-order valence-electron chi connectivity index (χ0n) is 19.6. The van der Waals surface area contributed by atoms with Crippen LogP contribution in [0.15, 0.2) is 42.5 Å². The SMILES string of the molecule is CCOc1ccccc1NC(=O)C(=O)NC[C@@H](c1ccc2c(c1)CCN2C)N1CCCCC1. The predicted octanol–water partition coefficient (Wildman–Crippen LogP) is 3.36. The summed E-state index contributed by atoms with van der Waals surface area (Å²) in [6, 6.07) is 13.8. The summed E-state index contributed by atoms with van der Waals surface area (Å²) >= 11 is 0. The van der Waals surface area contributed by atoms with Gasteiger partial charge in [-0.25, -0.2) is 0 Å². The standard InChI is InChI=1S/C26H34N4O3/c1-3-33-24-10-6-5-9-21(24)28-26(32)25(31)27-18-23(30-14-7-4-8-15-30)19-11-12-22-20(17-19)13-16-29(22)2/h5-6,9-12,17,23H,3-4,7-8,13-16,18H2,1-2H3,(H,27,31)(H,28,32)/t23-/m0/s1. The number of amides is 2. The topological polar surface area (TPSA) is 73.9 Å². The highest BCUT2D eigenvalue weighted by Crippen LogP contribution is 2.32. The molecule has 2 N–H and O–H groups in total. The number of hydrogen-bond donors (Lipinski definition) is 2. The van der Waals surface area contributed by atoms with Crippen molar-refractivity contribution in [3.05, 3.63) is 53.6 Å². The maximum atomic E-state index is 12.7. The van der Waals surface area contributed by atoms with Gasteiger partial charge in [-0.2, -0.15) is 0 Å². The van der Waals surface area contributed by atoms with Crippen LogP contribution in [0.25, 0.3) is 0 Å². The van der Waals surface area contributed by atoms with Gasteiger partial charge in [-0.15, -0.1) is 0 Å². The minimum absolute atomic E-state index is 0.0500. The van der Waals surface area contributed by atoms with Crippen LogP contribution >= 0.6 is 0 Å². The monoisotopic (exact) mass is 450 g/mol. The van der Waals surface area contributed by atoms with E-state index in [1.165, 1.54) is 23.2 Å². The van der Waals surface area contributed by atoms with E-state index in [4.69, 9.17) is 4.74 Å². The Hall–Kier alpha value is -3.06. The normalized spacial score (nSPS) is 16.7. The Bertz CT molecular complexity index is 987. The van der Waals surface area contributed by atoms with E-state index < -0.39 is 11.8 Å². The molecule has 1 saturated heterocycles. The van der Waals surface area contributed by atoms with Crippen molar-refractivity contribution in [2.45, 2.75) is 38.6 Å². The molecule has 0 aromatic heterocycles. The van der Waals surface area contributed by atoms with Crippen molar-refractivity contribution in [1.29, 1.82) is 0 Å². The molecule has 0 bridgehead atoms. The van der Waals surface area contributed by atoms with Crippen molar-refractivity contribution in [3.63, 3.8) is 0 Å². The van der Waals surface area contributed by atoms with Crippen LogP contribution in [-0.2, 0) is 16.0 Å². The molecule has 2 aromatic carbocycles. The summed E-state index contributed by atoms with van der Waals surface area (Å²) in [6.45, 7) is 5.80. The van der Waals surface area contributed by atoms with E-state index in [0.29, 0.717) is 24.6 Å². The lowest BCUT2D eigenvalue weighted by molar-refractivity contribution is -0.136. The van der Waals surface area contributed by atoms with Crippen LogP contribution in [0.4, 0.5) is 11.4 Å². The van der Waals surface area contributed by atoms with Gasteiger partial charge in [0.25, 0.3) is 0 Å². The van der Waals surface area contributed by atoms with Gasteiger partial charge in [0.15, 0.2) is 0 Å². The Balaban J connectivity index is 1.44. The summed E-state index contributed by atoms with van der Waals surface area (Å²) in [5, 5.41) is 5.56. The smallest absolute Gasteiger partial charge is 0.313 e. The fourth-order valence-corrected chi connectivity index (χ4v) is 4.78. The van der Waals surface area contributed by atoms with Gasteiger partial charge >= 0.3 is 11.8 Å². The molecule has 2 amide bonds. The molecule has 1 atom stereocenters. The minimum Gasteiger partial charge on any atom is -0.492 e. The second-order valence-electron chi connectivity index (χ2n) is 8.77. The molecular weight excluding hydrogens is 416 g/mol. The molecule has 0 radical (unpaired) electrons. The molecule has 33 heavy (non-hydrogen) atoms. The van der Waals surface area contributed by atoms with E-state index in [1.807, 2.05) is 13.0 Å². The van der Waals surface area contributed by atoms with E-state index in [-0.39, 0.29) is 6.04 Å². The van der Waals surface area contributed by atoms with Crippen molar-refractivity contribution >= 4 is 23.2 Å². The Morgan fingerprint density at radius 3 is 2.61 bits per heavy atom. The van der Waals surface area contributed by atoms with E-state index in [9.17, 15) is 9.59 Å². The first-order chi connectivity index (χ1) is 16.1. The molecule has 2 aliphatic rings. The molecule has 7 nitrogen and oxygen atoms in total. The highest BCUT2D eigenvalue weighted by atomic mass is 16.5. The predicted molar refractivity (Wildman–Crippen MR) is 131 cm³/mol. The van der Waals surface area contributed by atoms with Gasteiger partial charge < -0.3 is 20.3 Å². The average Bonchev–Trinajstić information content (AvgIpc) is 3.21. The van der Waals surface area contributed by atoms with Gasteiger partial charge in [-0.1, -0.05) is 30.7 Å². The molecule has 2 aromatic rings. The quantitative estimate of drug-likeness (QED) is 0.633. The van der Waals surface area contributed by atoms with Gasteiger partial charge in [0, 0.05) is 25.8 Å². The Kier molecular flexibility index (Phi) is 7.50. The Morgan fingerprint density at radius 1 is 1.03 bits per heavy atom. The molecule has 0 saturated carbocycles. The fraction of sp³-hybridized carbons (Fsp3) is 0.462. The summed E-state index contributed by atoms with van der Waals surface area (Å²) < 4.78 is 5.54. The zero-order chi connectivity index (χ0) is 23.2. The number of para-hydroxylation sites is 2. The number of ether oxygens (including phenoxy) is 1. The van der Waals surface area contributed by atoms with Crippen LogP contribution in [0.2, 0.25) is 0 Å². The van der Waals surface area contributed by atoms with Crippen molar-refractivity contribution in [1.82, 2.24) is 10.2 Å². The first kappa shape index (κ1) is 23.1. The molecule has 0 spiro atoms. The third-order valence-electron chi connectivity index (χ3n) is 6.54. The van der Waals surface area contributed by atoms with Crippen molar-refractivity contribution in [2.24, 2.45) is 0 Å². The number of anilines is 2. The number of carbonyl (C=O) groups excluding carboxylic acids is 2. The first-order valence-electron chi connectivity index (χ1n) is 12.0. The van der Waals surface area contributed by atoms with Crippen LogP contribution in [0.3, 0.4) is 0 Å². The number of carbonyl (C=O) groups is 2. The van der Waals surface area contributed by atoms with Crippen molar-refractivity contribution in [2.75, 3.05) is 50.1 Å². The number of rotatable bonds is 7. The number of piperidine rings is 1. The van der Waals surface area contributed by atoms with E-state index >= 15 is 0 Å². The average molecular weight is 451 g/mol. The molecule has 2 aliphatic heterocycles. The summed E-state index contributed by atoms with van der Waals surface area (Å²) in [5.74, 6) is -0.769. The second kappa shape index (κ2) is 10.7. The lowest BCUT2D eigenvalue weighted by atomic mass is 9.98. The number of benzene rings is 2. The van der Waals surface area contributed by atoms with Crippen LogP contribution in [0.1, 0.15) is 43.4 Å². The molecule has 2 heterocycles. The van der Waals surface area contributed by atoms with Gasteiger partial charge in [-0.05, 0) is 68.6 Å². The highest BCUT2D eigenvalue weighted by Gasteiger charge is 2.26. The summed E-state index contributed by atoms with van der Waals surface area (Å²) in [4.78, 5) is 30.0. The van der Waals surface area contributed by atoms with Crippen LogP contribution in [0.5, 0.6) is 5.75 Å². The molecule has 1 fully saturated rings. The first-order valence-corrected chi connectivity index (χ1v) is 12.0. The van der Waals surface area contributed by atoms with Gasteiger partial charge in [0.1, 0.15) is 5.75 Å². The number of fused-ring (bicyclic) bond motifs is 1. The Morgan fingerprint density at radius 2 is 1.82 bits per heavy atom. The van der Waals surface area contributed by atoms with Crippen molar-refractivity contribution < 1.29 is 14.3 Å². The number of hydrogen-bond acceptors (Lipinski definition) is 5. The van der Waals surface area contributed by atoms with Crippen molar-refractivity contribution in [3.8, 4) is 5.75 Å². The molecular formula is C26H34N4O3. The molecule has 4 rings (SSSR count).